The van der Waals surface area contributed by atoms with Crippen LogP contribution in [0.3, 0.4) is 0 Å². The van der Waals surface area contributed by atoms with E-state index in [4.69, 9.17) is 9.47 Å². The van der Waals surface area contributed by atoms with Crippen molar-refractivity contribution in [2.75, 3.05) is 26.4 Å². The Balaban J connectivity index is 0.00000304. The number of ether oxygens (including phenoxy) is 2. The highest BCUT2D eigenvalue weighted by atomic mass is 35.5. The number of nitrogens with one attached hydrogen (secondary N) is 2. The van der Waals surface area contributed by atoms with Crippen molar-refractivity contribution < 1.29 is 24.2 Å². The van der Waals surface area contributed by atoms with Gasteiger partial charge < -0.3 is 30.1 Å². The maximum Gasteiger partial charge on any atom is 0.255 e. The highest BCUT2D eigenvalue weighted by Crippen LogP contribution is 2.31. The first-order valence-corrected chi connectivity index (χ1v) is 12.5. The van der Waals surface area contributed by atoms with Crippen molar-refractivity contribution in [2.45, 2.75) is 57.0 Å². The van der Waals surface area contributed by atoms with Crippen molar-refractivity contribution >= 4 is 24.2 Å². The summed E-state index contributed by atoms with van der Waals surface area (Å²) in [5.41, 5.74) is 3.31. The normalized spacial score (nSPS) is 23.3. The van der Waals surface area contributed by atoms with Gasteiger partial charge in [0, 0.05) is 24.7 Å². The average molecular weight is 516 g/mol. The van der Waals surface area contributed by atoms with Gasteiger partial charge in [-0.2, -0.15) is 0 Å². The fourth-order valence-electron chi connectivity index (χ4n) is 5.41. The van der Waals surface area contributed by atoms with Crippen LogP contribution in [0.15, 0.2) is 42.5 Å². The fourth-order valence-corrected chi connectivity index (χ4v) is 5.41. The zero-order chi connectivity index (χ0) is 24.4. The van der Waals surface area contributed by atoms with Gasteiger partial charge in [-0.15, -0.1) is 12.4 Å². The number of halogens is 1. The van der Waals surface area contributed by atoms with E-state index in [0.29, 0.717) is 49.7 Å². The number of benzene rings is 2. The Morgan fingerprint density at radius 3 is 2.61 bits per heavy atom. The largest absolute Gasteiger partial charge is 0.493 e. The molecule has 2 bridgehead atoms. The molecule has 2 unspecified atom stereocenters. The smallest absolute Gasteiger partial charge is 0.255 e. The standard InChI is InChI=1S/C27H33N3O5.ClH/c1-2-35-25-12-18(27(33)30-20-8-9-21(30)16-34-15-20)7-10-22(25)26(32)29-14-24(31)23-11-17-5-3-4-6-19(17)13-28-23;/h3-7,10,12,20-21,23-24,28,31H,2,8-9,11,13-16H2,1H3,(H,29,32);1H/t20?,21?,23-,24+;/m1./s1. The minimum Gasteiger partial charge on any atom is -0.493 e. The molecule has 0 saturated carbocycles. The molecule has 0 radical (unpaired) electrons. The maximum atomic E-state index is 13.3. The molecule has 2 amide bonds. The number of morpholine rings is 1. The van der Waals surface area contributed by atoms with Gasteiger partial charge in [-0.3, -0.25) is 9.59 Å². The van der Waals surface area contributed by atoms with Crippen LogP contribution < -0.4 is 15.4 Å². The average Bonchev–Trinajstić information content (AvgIpc) is 3.14. The number of aliphatic hydroxyl groups is 1. The molecule has 194 valence electrons. The molecule has 2 saturated heterocycles. The van der Waals surface area contributed by atoms with Crippen LogP contribution in [-0.4, -0.2) is 72.4 Å². The van der Waals surface area contributed by atoms with E-state index in [1.165, 1.54) is 11.1 Å². The first-order valence-electron chi connectivity index (χ1n) is 12.5. The second kappa shape index (κ2) is 11.6. The van der Waals surface area contributed by atoms with Crippen molar-refractivity contribution in [1.82, 2.24) is 15.5 Å². The van der Waals surface area contributed by atoms with Crippen LogP contribution in [0.25, 0.3) is 0 Å². The second-order valence-corrected chi connectivity index (χ2v) is 9.52. The van der Waals surface area contributed by atoms with Gasteiger partial charge in [0.1, 0.15) is 5.75 Å². The predicted molar refractivity (Wildman–Crippen MR) is 138 cm³/mol. The Morgan fingerprint density at radius 2 is 1.89 bits per heavy atom. The second-order valence-electron chi connectivity index (χ2n) is 9.52. The van der Waals surface area contributed by atoms with E-state index in [0.717, 1.165) is 12.8 Å². The van der Waals surface area contributed by atoms with Crippen LogP contribution >= 0.6 is 12.4 Å². The molecule has 0 aromatic heterocycles. The molecule has 2 aromatic carbocycles. The number of aliphatic hydroxyl groups excluding tert-OH is 1. The van der Waals surface area contributed by atoms with Crippen LogP contribution in [-0.2, 0) is 17.7 Å². The molecule has 0 aliphatic carbocycles. The third-order valence-corrected chi connectivity index (χ3v) is 7.30. The number of carbonyl (C=O) groups excluding carboxylic acids is 2. The fraction of sp³-hybridized carbons (Fsp3) is 0.481. The van der Waals surface area contributed by atoms with Crippen molar-refractivity contribution in [2.24, 2.45) is 0 Å². The molecule has 2 aromatic rings. The van der Waals surface area contributed by atoms with Crippen molar-refractivity contribution in [3.05, 3.63) is 64.7 Å². The van der Waals surface area contributed by atoms with E-state index in [1.807, 2.05) is 24.0 Å². The Bertz CT molecular complexity index is 1080. The van der Waals surface area contributed by atoms with Gasteiger partial charge >= 0.3 is 0 Å². The van der Waals surface area contributed by atoms with Gasteiger partial charge in [-0.1, -0.05) is 24.3 Å². The predicted octanol–water partition coefficient (Wildman–Crippen LogP) is 2.32. The van der Waals surface area contributed by atoms with Gasteiger partial charge in [0.25, 0.3) is 11.8 Å². The van der Waals surface area contributed by atoms with E-state index in [1.54, 1.807) is 18.2 Å². The zero-order valence-corrected chi connectivity index (χ0v) is 21.3. The molecule has 3 aliphatic rings. The minimum atomic E-state index is -0.736. The SMILES string of the molecule is CCOc1cc(C(=O)N2C3CCC2COC3)ccc1C(=O)NC[C@H](O)[C@H]1Cc2ccccc2CN1.Cl. The summed E-state index contributed by atoms with van der Waals surface area (Å²) in [7, 11) is 0. The van der Waals surface area contributed by atoms with Crippen molar-refractivity contribution in [3.8, 4) is 5.75 Å². The lowest BCUT2D eigenvalue weighted by atomic mass is 9.93. The monoisotopic (exact) mass is 515 g/mol. The molecule has 9 heteroatoms. The summed E-state index contributed by atoms with van der Waals surface area (Å²) in [6, 6.07) is 13.2. The number of hydrogen-bond donors (Lipinski definition) is 3. The number of hydrogen-bond acceptors (Lipinski definition) is 6. The summed E-state index contributed by atoms with van der Waals surface area (Å²) in [5, 5.41) is 16.9. The Morgan fingerprint density at radius 1 is 1.17 bits per heavy atom. The van der Waals surface area contributed by atoms with Crippen LogP contribution in [0.5, 0.6) is 5.75 Å². The molecule has 0 spiro atoms. The Hall–Kier alpha value is -2.65. The van der Waals surface area contributed by atoms with Gasteiger partial charge in [0.2, 0.25) is 0 Å². The van der Waals surface area contributed by atoms with Gasteiger partial charge in [0.05, 0.1) is 43.6 Å². The summed E-state index contributed by atoms with van der Waals surface area (Å²) < 4.78 is 11.3. The molecular formula is C27H34ClN3O5. The van der Waals surface area contributed by atoms with Crippen molar-refractivity contribution in [3.63, 3.8) is 0 Å². The van der Waals surface area contributed by atoms with Crippen molar-refractivity contribution in [1.29, 1.82) is 0 Å². The topological polar surface area (TPSA) is 100 Å². The molecular weight excluding hydrogens is 482 g/mol. The highest BCUT2D eigenvalue weighted by Gasteiger charge is 2.40. The molecule has 36 heavy (non-hydrogen) atoms. The highest BCUT2D eigenvalue weighted by molar-refractivity contribution is 6.00. The Labute approximate surface area is 217 Å². The lowest BCUT2D eigenvalue weighted by Crippen LogP contribution is -2.49. The Kier molecular flexibility index (Phi) is 8.51. The van der Waals surface area contributed by atoms with Gasteiger partial charge in [0.15, 0.2) is 0 Å². The zero-order valence-electron chi connectivity index (χ0n) is 20.4. The van der Waals surface area contributed by atoms with E-state index >= 15 is 0 Å². The maximum absolute atomic E-state index is 13.3. The first kappa shape index (κ1) is 26.4. The van der Waals surface area contributed by atoms with E-state index in [2.05, 4.69) is 22.8 Å². The van der Waals surface area contributed by atoms with Gasteiger partial charge in [-0.05, 0) is 55.5 Å². The van der Waals surface area contributed by atoms with Crippen LogP contribution in [0, 0.1) is 0 Å². The number of carbonyl (C=O) groups is 2. The first-order chi connectivity index (χ1) is 17.0. The number of rotatable bonds is 7. The van der Waals surface area contributed by atoms with Crippen LogP contribution in [0.2, 0.25) is 0 Å². The van der Waals surface area contributed by atoms with E-state index < -0.39 is 6.10 Å². The quantitative estimate of drug-likeness (QED) is 0.523. The molecule has 3 aliphatic heterocycles. The number of fused-ring (bicyclic) bond motifs is 3. The van der Waals surface area contributed by atoms with Crippen LogP contribution in [0.4, 0.5) is 0 Å². The molecule has 4 atom stereocenters. The lowest BCUT2D eigenvalue weighted by Gasteiger charge is -2.34. The summed E-state index contributed by atoms with van der Waals surface area (Å²) in [6.45, 7) is 4.17. The summed E-state index contributed by atoms with van der Waals surface area (Å²) in [6.07, 6.45) is 1.89. The lowest BCUT2D eigenvalue weighted by molar-refractivity contribution is -0.00717. The molecule has 5 rings (SSSR count). The third-order valence-electron chi connectivity index (χ3n) is 7.30. The molecule has 3 heterocycles. The minimum absolute atomic E-state index is 0. The number of nitrogens with zero attached hydrogens (tertiary/aromatic N) is 1. The van der Waals surface area contributed by atoms with Gasteiger partial charge in [-0.25, -0.2) is 0 Å². The van der Waals surface area contributed by atoms with E-state index in [9.17, 15) is 14.7 Å². The van der Waals surface area contributed by atoms with Crippen LogP contribution in [0.1, 0.15) is 51.6 Å². The molecule has 2 fully saturated rings. The summed E-state index contributed by atoms with van der Waals surface area (Å²) in [4.78, 5) is 28.2. The number of amides is 2. The third kappa shape index (κ3) is 5.37. The molecule has 8 nitrogen and oxygen atoms in total. The summed E-state index contributed by atoms with van der Waals surface area (Å²) >= 11 is 0. The van der Waals surface area contributed by atoms with E-state index in [-0.39, 0.29) is 48.9 Å². The summed E-state index contributed by atoms with van der Waals surface area (Å²) in [5.74, 6) is -0.0161. The molecule has 3 N–H and O–H groups in total.